The van der Waals surface area contributed by atoms with Gasteiger partial charge in [0.05, 0.1) is 17.4 Å². The highest BCUT2D eigenvalue weighted by atomic mass is 16.6. The zero-order chi connectivity index (χ0) is 16.7. The van der Waals surface area contributed by atoms with E-state index in [1.54, 1.807) is 12.1 Å². The summed E-state index contributed by atoms with van der Waals surface area (Å²) in [6, 6.07) is 15.5. The van der Waals surface area contributed by atoms with Crippen molar-refractivity contribution < 1.29 is 14.8 Å². The minimum absolute atomic E-state index is 0.0414. The quantitative estimate of drug-likeness (QED) is 0.602. The summed E-state index contributed by atoms with van der Waals surface area (Å²) in [5, 5.41) is 23.3. The molecule has 0 aliphatic heterocycles. The number of hydrogen-bond acceptors (Lipinski definition) is 4. The number of nitrogens with one attached hydrogen (secondary N) is 1. The maximum absolute atomic E-state index is 11.9. The fourth-order valence-electron chi connectivity index (χ4n) is 2.22. The molecule has 120 valence electrons. The van der Waals surface area contributed by atoms with Crippen LogP contribution < -0.4 is 5.32 Å². The molecule has 0 spiro atoms. The molecule has 2 rings (SSSR count). The maximum atomic E-state index is 11.9. The van der Waals surface area contributed by atoms with Crippen molar-refractivity contribution in [2.24, 2.45) is 0 Å². The monoisotopic (exact) mass is 314 g/mol. The number of carbonyl (C=O) groups is 1. The first-order valence-electron chi connectivity index (χ1n) is 7.26. The molecule has 0 aliphatic rings. The summed E-state index contributed by atoms with van der Waals surface area (Å²) in [4.78, 5) is 22.1. The highest BCUT2D eigenvalue weighted by Gasteiger charge is 2.11. The van der Waals surface area contributed by atoms with Crippen molar-refractivity contribution in [1.29, 1.82) is 0 Å². The molecule has 2 aromatic carbocycles. The summed E-state index contributed by atoms with van der Waals surface area (Å²) in [6.07, 6.45) is -0.177. The van der Waals surface area contributed by atoms with Gasteiger partial charge < -0.3 is 10.4 Å². The number of hydrogen-bond donors (Lipinski definition) is 2. The van der Waals surface area contributed by atoms with E-state index in [-0.39, 0.29) is 24.6 Å². The van der Waals surface area contributed by atoms with E-state index < -0.39 is 11.0 Å². The van der Waals surface area contributed by atoms with Crippen LogP contribution in [0.25, 0.3) is 0 Å². The molecule has 2 N–H and O–H groups in total. The number of rotatable bonds is 7. The molecular weight excluding hydrogens is 296 g/mol. The number of aliphatic hydroxyl groups is 1. The maximum Gasteiger partial charge on any atom is 0.269 e. The fourth-order valence-corrected chi connectivity index (χ4v) is 2.22. The second-order valence-electron chi connectivity index (χ2n) is 5.25. The molecular formula is C17H18N2O4. The smallest absolute Gasteiger partial charge is 0.269 e. The van der Waals surface area contributed by atoms with Crippen molar-refractivity contribution >= 4 is 11.6 Å². The lowest BCUT2D eigenvalue weighted by atomic mass is 10.1. The Labute approximate surface area is 133 Å². The van der Waals surface area contributed by atoms with Gasteiger partial charge in [-0.3, -0.25) is 14.9 Å². The van der Waals surface area contributed by atoms with Gasteiger partial charge in [0.25, 0.3) is 5.69 Å². The van der Waals surface area contributed by atoms with Crippen LogP contribution in [-0.2, 0) is 17.6 Å². The van der Waals surface area contributed by atoms with Crippen LogP contribution in [0.2, 0.25) is 0 Å². The van der Waals surface area contributed by atoms with E-state index in [0.717, 1.165) is 5.56 Å². The lowest BCUT2D eigenvalue weighted by molar-refractivity contribution is -0.384. The third-order valence-electron chi connectivity index (χ3n) is 3.34. The van der Waals surface area contributed by atoms with E-state index in [1.807, 2.05) is 30.3 Å². The van der Waals surface area contributed by atoms with Crippen molar-refractivity contribution in [3.8, 4) is 0 Å². The third-order valence-corrected chi connectivity index (χ3v) is 3.34. The number of nitro benzene ring substituents is 1. The van der Waals surface area contributed by atoms with Crippen LogP contribution in [0.4, 0.5) is 5.69 Å². The van der Waals surface area contributed by atoms with Crippen molar-refractivity contribution in [1.82, 2.24) is 5.32 Å². The second-order valence-corrected chi connectivity index (χ2v) is 5.25. The summed E-state index contributed by atoms with van der Waals surface area (Å²) in [7, 11) is 0. The molecule has 1 atom stereocenters. The SMILES string of the molecule is O=C(Cc1cccc([N+](=O)[O-])c1)NC[C@H](O)Cc1ccccc1. The molecule has 0 heterocycles. The number of nitrogens with zero attached hydrogens (tertiary/aromatic N) is 1. The van der Waals surface area contributed by atoms with E-state index in [4.69, 9.17) is 0 Å². The van der Waals surface area contributed by atoms with Crippen LogP contribution in [0, 0.1) is 10.1 Å². The third kappa shape index (κ3) is 5.52. The first kappa shape index (κ1) is 16.6. The fraction of sp³-hybridized carbons (Fsp3) is 0.235. The normalized spacial score (nSPS) is 11.7. The van der Waals surface area contributed by atoms with Gasteiger partial charge in [-0.25, -0.2) is 0 Å². The number of carbonyl (C=O) groups excluding carboxylic acids is 1. The predicted octanol–water partition coefficient (Wildman–Crippen LogP) is 1.86. The first-order chi connectivity index (χ1) is 11.0. The Hall–Kier alpha value is -2.73. The number of benzene rings is 2. The van der Waals surface area contributed by atoms with Crippen LogP contribution in [0.1, 0.15) is 11.1 Å². The zero-order valence-corrected chi connectivity index (χ0v) is 12.5. The van der Waals surface area contributed by atoms with Crippen LogP contribution in [0.5, 0.6) is 0 Å². The largest absolute Gasteiger partial charge is 0.391 e. The molecule has 0 aliphatic carbocycles. The molecule has 0 bridgehead atoms. The minimum Gasteiger partial charge on any atom is -0.391 e. The van der Waals surface area contributed by atoms with Gasteiger partial charge in [-0.15, -0.1) is 0 Å². The summed E-state index contributed by atoms with van der Waals surface area (Å²) in [5.74, 6) is -0.280. The lowest BCUT2D eigenvalue weighted by Gasteiger charge is -2.12. The van der Waals surface area contributed by atoms with Crippen molar-refractivity contribution in [3.05, 3.63) is 75.8 Å². The highest BCUT2D eigenvalue weighted by molar-refractivity contribution is 5.78. The van der Waals surface area contributed by atoms with Crippen LogP contribution in [0.3, 0.4) is 0 Å². The van der Waals surface area contributed by atoms with Crippen LogP contribution in [0.15, 0.2) is 54.6 Å². The Bertz CT molecular complexity index is 673. The second kappa shape index (κ2) is 8.05. The number of non-ortho nitro benzene ring substituents is 1. The van der Waals surface area contributed by atoms with Crippen molar-refractivity contribution in [3.63, 3.8) is 0 Å². The molecule has 0 saturated carbocycles. The summed E-state index contributed by atoms with van der Waals surface area (Å²) < 4.78 is 0. The van der Waals surface area contributed by atoms with Gasteiger partial charge in [0.2, 0.25) is 5.91 Å². The Balaban J connectivity index is 1.81. The molecule has 0 aromatic heterocycles. The lowest BCUT2D eigenvalue weighted by Crippen LogP contribution is -2.34. The van der Waals surface area contributed by atoms with Crippen LogP contribution in [-0.4, -0.2) is 28.6 Å². The van der Waals surface area contributed by atoms with E-state index in [9.17, 15) is 20.0 Å². The molecule has 0 fully saturated rings. The number of nitro groups is 1. The van der Waals surface area contributed by atoms with Gasteiger partial charge in [-0.1, -0.05) is 42.5 Å². The predicted molar refractivity (Wildman–Crippen MR) is 86.0 cm³/mol. The van der Waals surface area contributed by atoms with Gasteiger partial charge >= 0.3 is 0 Å². The molecule has 2 aromatic rings. The van der Waals surface area contributed by atoms with E-state index in [2.05, 4.69) is 5.32 Å². The van der Waals surface area contributed by atoms with Gasteiger partial charge in [-0.05, 0) is 11.1 Å². The number of amides is 1. The summed E-state index contributed by atoms with van der Waals surface area (Å²) in [6.45, 7) is 0.142. The molecule has 1 amide bonds. The van der Waals surface area contributed by atoms with Crippen molar-refractivity contribution in [2.75, 3.05) is 6.54 Å². The minimum atomic E-state index is -0.675. The Kier molecular flexibility index (Phi) is 5.82. The molecule has 6 nitrogen and oxygen atoms in total. The van der Waals surface area contributed by atoms with Gasteiger partial charge in [-0.2, -0.15) is 0 Å². The topological polar surface area (TPSA) is 92.5 Å². The summed E-state index contributed by atoms with van der Waals surface area (Å²) in [5.41, 5.74) is 1.52. The highest BCUT2D eigenvalue weighted by Crippen LogP contribution is 2.13. The van der Waals surface area contributed by atoms with E-state index in [1.165, 1.54) is 12.1 Å². The van der Waals surface area contributed by atoms with Crippen LogP contribution >= 0.6 is 0 Å². The molecule has 6 heteroatoms. The molecule has 0 unspecified atom stereocenters. The van der Waals surface area contributed by atoms with E-state index in [0.29, 0.717) is 12.0 Å². The Morgan fingerprint density at radius 3 is 2.52 bits per heavy atom. The Morgan fingerprint density at radius 1 is 1.13 bits per heavy atom. The van der Waals surface area contributed by atoms with E-state index >= 15 is 0 Å². The number of aliphatic hydroxyl groups excluding tert-OH is 1. The zero-order valence-electron chi connectivity index (χ0n) is 12.5. The van der Waals surface area contributed by atoms with Gasteiger partial charge in [0.1, 0.15) is 0 Å². The average Bonchev–Trinajstić information content (AvgIpc) is 2.54. The molecule has 0 radical (unpaired) electrons. The molecule has 0 saturated heterocycles. The van der Waals surface area contributed by atoms with Gasteiger partial charge in [0.15, 0.2) is 0 Å². The average molecular weight is 314 g/mol. The Morgan fingerprint density at radius 2 is 1.83 bits per heavy atom. The molecule has 23 heavy (non-hydrogen) atoms. The van der Waals surface area contributed by atoms with Crippen molar-refractivity contribution in [2.45, 2.75) is 18.9 Å². The summed E-state index contributed by atoms with van der Waals surface area (Å²) >= 11 is 0. The van der Waals surface area contributed by atoms with Gasteiger partial charge in [0, 0.05) is 25.1 Å². The standard InChI is InChI=1S/C17H18N2O4/c20-16(10-13-5-2-1-3-6-13)12-18-17(21)11-14-7-4-8-15(9-14)19(22)23/h1-9,16,20H,10-12H2,(H,18,21)/t16-/m1/s1. The first-order valence-corrected chi connectivity index (χ1v) is 7.26.